The molecule has 4 nitrogen and oxygen atoms in total. The number of nitrogens with zero attached hydrogens (tertiary/aromatic N) is 2. The van der Waals surface area contributed by atoms with Crippen LogP contribution >= 0.6 is 0 Å². The molecule has 0 aromatic carbocycles. The van der Waals surface area contributed by atoms with E-state index in [2.05, 4.69) is 28.7 Å². The third kappa shape index (κ3) is 2.15. The van der Waals surface area contributed by atoms with Crippen LogP contribution in [0.25, 0.3) is 0 Å². The summed E-state index contributed by atoms with van der Waals surface area (Å²) in [7, 11) is 0. The molecule has 0 atom stereocenters. The second-order valence-electron chi connectivity index (χ2n) is 4.57. The van der Waals surface area contributed by atoms with Crippen molar-refractivity contribution in [2.24, 2.45) is 0 Å². The molecule has 1 aromatic rings. The van der Waals surface area contributed by atoms with E-state index >= 15 is 0 Å². The summed E-state index contributed by atoms with van der Waals surface area (Å²) in [6.07, 6.45) is 4.34. The number of hydrogen-bond acceptors (Lipinski definition) is 3. The molecule has 84 valence electrons. The Kier molecular flexibility index (Phi) is 2.95. The average Bonchev–Trinajstić information content (AvgIpc) is 2.62. The fourth-order valence-corrected chi connectivity index (χ4v) is 2.23. The smallest absolute Gasteiger partial charge is 0.141 e. The van der Waals surface area contributed by atoms with E-state index in [0.29, 0.717) is 17.8 Å². The minimum atomic E-state index is 0.442. The van der Waals surface area contributed by atoms with Crippen molar-refractivity contribution in [2.75, 3.05) is 18.8 Å². The molecule has 2 heterocycles. The molecular formula is C11H20N4. The molecule has 0 spiro atoms. The van der Waals surface area contributed by atoms with Gasteiger partial charge in [-0.3, -0.25) is 0 Å². The largest absolute Gasteiger partial charge is 0.382 e. The van der Waals surface area contributed by atoms with Gasteiger partial charge in [0.2, 0.25) is 0 Å². The minimum Gasteiger partial charge on any atom is -0.382 e. The SMILES string of the molecule is CC(C)c1nc(N)cn1C1CCNCC1. The normalized spacial score (nSPS) is 18.6. The van der Waals surface area contributed by atoms with E-state index in [1.807, 2.05) is 6.20 Å². The maximum Gasteiger partial charge on any atom is 0.141 e. The fraction of sp³-hybridized carbons (Fsp3) is 0.727. The summed E-state index contributed by atoms with van der Waals surface area (Å²) in [6.45, 7) is 6.53. The van der Waals surface area contributed by atoms with Crippen LogP contribution in [0.4, 0.5) is 5.82 Å². The number of hydrogen-bond donors (Lipinski definition) is 2. The van der Waals surface area contributed by atoms with E-state index < -0.39 is 0 Å². The Labute approximate surface area is 90.9 Å². The Hall–Kier alpha value is -1.03. The van der Waals surface area contributed by atoms with Gasteiger partial charge in [0.1, 0.15) is 11.6 Å². The van der Waals surface area contributed by atoms with Gasteiger partial charge >= 0.3 is 0 Å². The Morgan fingerprint density at radius 2 is 2.13 bits per heavy atom. The minimum absolute atomic E-state index is 0.442. The van der Waals surface area contributed by atoms with Crippen LogP contribution in [0.15, 0.2) is 6.20 Å². The van der Waals surface area contributed by atoms with Crippen LogP contribution in [0.5, 0.6) is 0 Å². The van der Waals surface area contributed by atoms with Gasteiger partial charge in [-0.05, 0) is 25.9 Å². The molecule has 0 bridgehead atoms. The van der Waals surface area contributed by atoms with Crippen molar-refractivity contribution >= 4 is 5.82 Å². The highest BCUT2D eigenvalue weighted by atomic mass is 15.1. The van der Waals surface area contributed by atoms with E-state index in [9.17, 15) is 0 Å². The molecule has 0 unspecified atom stereocenters. The summed E-state index contributed by atoms with van der Waals surface area (Å²) in [5.74, 6) is 2.22. The van der Waals surface area contributed by atoms with Gasteiger partial charge in [-0.15, -0.1) is 0 Å². The molecule has 0 saturated carbocycles. The molecule has 1 saturated heterocycles. The fourth-order valence-electron chi connectivity index (χ4n) is 2.23. The summed E-state index contributed by atoms with van der Waals surface area (Å²) >= 11 is 0. The maximum atomic E-state index is 5.78. The van der Waals surface area contributed by atoms with E-state index in [0.717, 1.165) is 18.9 Å². The Balaban J connectivity index is 2.25. The zero-order valence-electron chi connectivity index (χ0n) is 9.53. The van der Waals surface area contributed by atoms with Crippen LogP contribution < -0.4 is 11.1 Å². The molecule has 4 heteroatoms. The molecule has 1 fully saturated rings. The first kappa shape index (κ1) is 10.5. The highest BCUT2D eigenvalue weighted by Crippen LogP contribution is 2.25. The van der Waals surface area contributed by atoms with Crippen molar-refractivity contribution in [1.82, 2.24) is 14.9 Å². The second kappa shape index (κ2) is 4.23. The van der Waals surface area contributed by atoms with Gasteiger partial charge in [-0.25, -0.2) is 4.98 Å². The topological polar surface area (TPSA) is 55.9 Å². The highest BCUT2D eigenvalue weighted by molar-refractivity contribution is 5.27. The van der Waals surface area contributed by atoms with Crippen molar-refractivity contribution in [3.63, 3.8) is 0 Å². The summed E-state index contributed by atoms with van der Waals surface area (Å²) in [5, 5.41) is 3.37. The third-order valence-electron chi connectivity index (χ3n) is 3.00. The van der Waals surface area contributed by atoms with Crippen LogP contribution in [0.3, 0.4) is 0 Å². The molecule has 0 aliphatic carbocycles. The zero-order chi connectivity index (χ0) is 10.8. The number of nitrogens with one attached hydrogen (secondary N) is 1. The Bertz CT molecular complexity index is 323. The van der Waals surface area contributed by atoms with E-state index in [1.165, 1.54) is 12.8 Å². The number of piperidine rings is 1. The molecule has 15 heavy (non-hydrogen) atoms. The molecule has 0 radical (unpaired) electrons. The lowest BCUT2D eigenvalue weighted by Gasteiger charge is -2.26. The number of rotatable bonds is 2. The molecule has 1 aliphatic rings. The van der Waals surface area contributed by atoms with Crippen molar-refractivity contribution in [3.05, 3.63) is 12.0 Å². The van der Waals surface area contributed by atoms with Crippen LogP contribution in [-0.4, -0.2) is 22.6 Å². The predicted octanol–water partition coefficient (Wildman–Crippen LogP) is 1.51. The molecular weight excluding hydrogens is 188 g/mol. The summed E-state index contributed by atoms with van der Waals surface area (Å²) < 4.78 is 2.28. The monoisotopic (exact) mass is 208 g/mol. The van der Waals surface area contributed by atoms with Crippen molar-refractivity contribution in [3.8, 4) is 0 Å². The Morgan fingerprint density at radius 3 is 2.73 bits per heavy atom. The lowest BCUT2D eigenvalue weighted by atomic mass is 10.1. The van der Waals surface area contributed by atoms with Crippen LogP contribution in [0, 0.1) is 0 Å². The molecule has 2 rings (SSSR count). The molecule has 3 N–H and O–H groups in total. The first-order chi connectivity index (χ1) is 7.18. The van der Waals surface area contributed by atoms with Gasteiger partial charge in [0, 0.05) is 18.2 Å². The van der Waals surface area contributed by atoms with Crippen molar-refractivity contribution < 1.29 is 0 Å². The van der Waals surface area contributed by atoms with Gasteiger partial charge < -0.3 is 15.6 Å². The summed E-state index contributed by atoms with van der Waals surface area (Å²) in [5.41, 5.74) is 5.78. The predicted molar refractivity (Wildman–Crippen MR) is 61.9 cm³/mol. The summed E-state index contributed by atoms with van der Waals surface area (Å²) in [4.78, 5) is 4.41. The number of nitrogen functional groups attached to an aromatic ring is 1. The lowest BCUT2D eigenvalue weighted by molar-refractivity contribution is 0.357. The van der Waals surface area contributed by atoms with Gasteiger partial charge in [0.15, 0.2) is 0 Å². The first-order valence-corrected chi connectivity index (χ1v) is 5.73. The number of anilines is 1. The van der Waals surface area contributed by atoms with Gasteiger partial charge in [0.05, 0.1) is 0 Å². The van der Waals surface area contributed by atoms with Crippen molar-refractivity contribution in [1.29, 1.82) is 0 Å². The van der Waals surface area contributed by atoms with Crippen LogP contribution in [0.2, 0.25) is 0 Å². The third-order valence-corrected chi connectivity index (χ3v) is 3.00. The first-order valence-electron chi connectivity index (χ1n) is 5.73. The van der Waals surface area contributed by atoms with Crippen LogP contribution in [-0.2, 0) is 0 Å². The Morgan fingerprint density at radius 1 is 1.47 bits per heavy atom. The van der Waals surface area contributed by atoms with Gasteiger partial charge in [-0.1, -0.05) is 13.8 Å². The standard InChI is InChI=1S/C11H20N4/c1-8(2)11-14-10(12)7-15(11)9-3-5-13-6-4-9/h7-9,13H,3-6,12H2,1-2H3. The quantitative estimate of drug-likeness (QED) is 0.774. The number of nitrogens with two attached hydrogens (primary N) is 1. The molecule has 0 amide bonds. The molecule has 1 aliphatic heterocycles. The van der Waals surface area contributed by atoms with Gasteiger partial charge in [0.25, 0.3) is 0 Å². The maximum absolute atomic E-state index is 5.78. The molecule has 1 aromatic heterocycles. The zero-order valence-corrected chi connectivity index (χ0v) is 9.53. The number of aromatic nitrogens is 2. The van der Waals surface area contributed by atoms with Crippen molar-refractivity contribution in [2.45, 2.75) is 38.6 Å². The van der Waals surface area contributed by atoms with E-state index in [4.69, 9.17) is 5.73 Å². The second-order valence-corrected chi connectivity index (χ2v) is 4.57. The van der Waals surface area contributed by atoms with Crippen LogP contribution in [0.1, 0.15) is 44.5 Å². The van der Waals surface area contributed by atoms with E-state index in [-0.39, 0.29) is 0 Å². The average molecular weight is 208 g/mol. The summed E-state index contributed by atoms with van der Waals surface area (Å²) in [6, 6.07) is 0.577. The lowest BCUT2D eigenvalue weighted by Crippen LogP contribution is -2.30. The number of imidazole rings is 1. The van der Waals surface area contributed by atoms with Gasteiger partial charge in [-0.2, -0.15) is 0 Å². The van der Waals surface area contributed by atoms with E-state index in [1.54, 1.807) is 0 Å². The highest BCUT2D eigenvalue weighted by Gasteiger charge is 2.19.